The number of furan rings is 2. The van der Waals surface area contributed by atoms with Crippen molar-refractivity contribution in [1.82, 2.24) is 19.5 Å². The molecule has 0 bridgehead atoms. The lowest BCUT2D eigenvalue weighted by Gasteiger charge is -2.10. The Balaban J connectivity index is 0.980. The van der Waals surface area contributed by atoms with E-state index in [9.17, 15) is 0 Å². The number of benzene rings is 8. The third-order valence-corrected chi connectivity index (χ3v) is 11.1. The van der Waals surface area contributed by atoms with E-state index >= 15 is 0 Å². The van der Waals surface area contributed by atoms with Crippen molar-refractivity contribution in [3.63, 3.8) is 0 Å². The van der Waals surface area contributed by atoms with Crippen molar-refractivity contribution in [2.75, 3.05) is 0 Å². The van der Waals surface area contributed by atoms with Gasteiger partial charge in [-0.15, -0.1) is 0 Å². The van der Waals surface area contributed by atoms with Crippen LogP contribution in [0.2, 0.25) is 0 Å². The Morgan fingerprint density at radius 3 is 1.53 bits per heavy atom. The molecule has 0 N–H and O–H groups in total. The van der Waals surface area contributed by atoms with Crippen molar-refractivity contribution in [2.45, 2.75) is 0 Å². The molecule has 6 heteroatoms. The summed E-state index contributed by atoms with van der Waals surface area (Å²) in [6.07, 6.45) is 0. The van der Waals surface area contributed by atoms with Crippen LogP contribution in [0, 0.1) is 0 Å². The predicted octanol–water partition coefficient (Wildman–Crippen LogP) is 13.4. The molecule has 4 aromatic heterocycles. The van der Waals surface area contributed by atoms with Gasteiger partial charge < -0.3 is 13.4 Å². The van der Waals surface area contributed by atoms with Crippen LogP contribution in [-0.4, -0.2) is 19.5 Å². The van der Waals surface area contributed by atoms with Gasteiger partial charge in [-0.05, 0) is 90.0 Å². The lowest BCUT2D eigenvalue weighted by Crippen LogP contribution is -2.00. The molecule has 57 heavy (non-hydrogen) atoms. The van der Waals surface area contributed by atoms with E-state index in [4.69, 9.17) is 23.8 Å². The zero-order chi connectivity index (χ0) is 37.5. The highest BCUT2D eigenvalue weighted by Gasteiger charge is 2.18. The molecule has 0 saturated heterocycles. The van der Waals surface area contributed by atoms with Gasteiger partial charge in [0.15, 0.2) is 17.5 Å². The molecule has 0 unspecified atom stereocenters. The van der Waals surface area contributed by atoms with Crippen molar-refractivity contribution >= 4 is 65.7 Å². The van der Waals surface area contributed by atoms with E-state index in [1.807, 2.05) is 60.7 Å². The zero-order valence-corrected chi connectivity index (χ0v) is 30.4. The first-order valence-electron chi connectivity index (χ1n) is 19.0. The van der Waals surface area contributed by atoms with Crippen molar-refractivity contribution in [3.05, 3.63) is 182 Å². The van der Waals surface area contributed by atoms with Gasteiger partial charge in [-0.2, -0.15) is 0 Å². The van der Waals surface area contributed by atoms with Gasteiger partial charge in [0.2, 0.25) is 0 Å². The van der Waals surface area contributed by atoms with Gasteiger partial charge >= 0.3 is 0 Å². The SMILES string of the molecule is c1ccc(-c2nc(-c3ccc4c(c3)oc3ccc(-c5ccc6oc7ccccc7c6c5)cc34)nc(-c3ccc4c(c3)c3ccccc3n4-c3ccccc3)n2)cc1. The summed E-state index contributed by atoms with van der Waals surface area (Å²) >= 11 is 0. The first-order chi connectivity index (χ1) is 28.2. The van der Waals surface area contributed by atoms with Crippen LogP contribution >= 0.6 is 0 Å². The summed E-state index contributed by atoms with van der Waals surface area (Å²) in [5, 5.41) is 6.61. The molecule has 6 nitrogen and oxygen atoms in total. The highest BCUT2D eigenvalue weighted by molar-refractivity contribution is 6.11. The fourth-order valence-electron chi connectivity index (χ4n) is 8.32. The second-order valence-corrected chi connectivity index (χ2v) is 14.4. The normalized spacial score (nSPS) is 11.9. The second-order valence-electron chi connectivity index (χ2n) is 14.4. The van der Waals surface area contributed by atoms with E-state index in [-0.39, 0.29) is 0 Å². The minimum Gasteiger partial charge on any atom is -0.456 e. The first-order valence-corrected chi connectivity index (χ1v) is 19.0. The Hall–Kier alpha value is -7.83. The summed E-state index contributed by atoms with van der Waals surface area (Å²) in [7, 11) is 0. The Labute approximate surface area is 325 Å². The maximum Gasteiger partial charge on any atom is 0.164 e. The molecule has 4 heterocycles. The number of aromatic nitrogens is 4. The zero-order valence-electron chi connectivity index (χ0n) is 30.4. The van der Waals surface area contributed by atoms with Crippen molar-refractivity contribution in [2.24, 2.45) is 0 Å². The summed E-state index contributed by atoms with van der Waals surface area (Å²) in [6.45, 7) is 0. The molecule has 0 atom stereocenters. The van der Waals surface area contributed by atoms with E-state index in [0.717, 1.165) is 93.8 Å². The molecule has 0 fully saturated rings. The summed E-state index contributed by atoms with van der Waals surface area (Å²) in [5.41, 5.74) is 11.7. The average Bonchev–Trinajstić information content (AvgIpc) is 3.95. The largest absolute Gasteiger partial charge is 0.456 e. The minimum absolute atomic E-state index is 0.578. The Kier molecular flexibility index (Phi) is 6.83. The third-order valence-electron chi connectivity index (χ3n) is 11.1. The Morgan fingerprint density at radius 1 is 0.298 bits per heavy atom. The quantitative estimate of drug-likeness (QED) is 0.176. The maximum atomic E-state index is 6.49. The molecule has 266 valence electrons. The molecule has 0 aliphatic rings. The van der Waals surface area contributed by atoms with E-state index in [0.29, 0.717) is 17.5 Å². The van der Waals surface area contributed by atoms with Crippen LogP contribution in [0.3, 0.4) is 0 Å². The topological polar surface area (TPSA) is 69.9 Å². The van der Waals surface area contributed by atoms with Gasteiger partial charge in [0.25, 0.3) is 0 Å². The van der Waals surface area contributed by atoms with Gasteiger partial charge in [0, 0.05) is 54.7 Å². The second kappa shape index (κ2) is 12.3. The minimum atomic E-state index is 0.578. The van der Waals surface area contributed by atoms with Gasteiger partial charge in [-0.25, -0.2) is 15.0 Å². The monoisotopic (exact) mass is 730 g/mol. The molecule has 0 aliphatic carbocycles. The molecule has 0 aliphatic heterocycles. The van der Waals surface area contributed by atoms with Gasteiger partial charge in [0.1, 0.15) is 22.3 Å². The van der Waals surface area contributed by atoms with Gasteiger partial charge in [0.05, 0.1) is 11.0 Å². The third kappa shape index (κ3) is 5.08. The van der Waals surface area contributed by atoms with Crippen LogP contribution in [-0.2, 0) is 0 Å². The first kappa shape index (κ1) is 31.5. The van der Waals surface area contributed by atoms with Crippen LogP contribution in [0.15, 0.2) is 191 Å². The molecular weight excluding hydrogens is 701 g/mol. The number of rotatable bonds is 5. The summed E-state index contributed by atoms with van der Waals surface area (Å²) in [5.74, 6) is 1.79. The number of para-hydroxylation sites is 3. The number of hydrogen-bond acceptors (Lipinski definition) is 5. The summed E-state index contributed by atoms with van der Waals surface area (Å²) in [6, 6.07) is 62.8. The van der Waals surface area contributed by atoms with Crippen molar-refractivity contribution < 1.29 is 8.83 Å². The van der Waals surface area contributed by atoms with Crippen LogP contribution in [0.25, 0.3) is 117 Å². The summed E-state index contributed by atoms with van der Waals surface area (Å²) < 4.78 is 14.9. The lowest BCUT2D eigenvalue weighted by molar-refractivity contribution is 0.668. The molecular formula is C51H30N4O2. The number of fused-ring (bicyclic) bond motifs is 9. The standard InChI is InChI=1S/C51H30N4O2/c1-3-11-31(12-4-1)49-52-50(34-20-24-44-40(29-34)37-15-7-9-17-43(37)55(44)36-13-5-2-6-14-36)54-51(53-49)35-19-23-39-42-28-33(22-26-47(42)57-48(39)30-35)32-21-25-46-41(27-32)38-16-8-10-18-45(38)56-46/h1-30H. The van der Waals surface area contributed by atoms with Gasteiger partial charge in [-0.3, -0.25) is 0 Å². The molecule has 8 aromatic carbocycles. The Bertz CT molecular complexity index is 3530. The molecule has 12 aromatic rings. The molecule has 0 amide bonds. The fourth-order valence-corrected chi connectivity index (χ4v) is 8.32. The summed E-state index contributed by atoms with van der Waals surface area (Å²) in [4.78, 5) is 15.2. The molecule has 0 saturated carbocycles. The maximum absolute atomic E-state index is 6.49. The average molecular weight is 731 g/mol. The molecule has 0 radical (unpaired) electrons. The van der Waals surface area contributed by atoms with Gasteiger partial charge in [-0.1, -0.05) is 103 Å². The predicted molar refractivity (Wildman–Crippen MR) is 230 cm³/mol. The highest BCUT2D eigenvalue weighted by atomic mass is 16.3. The van der Waals surface area contributed by atoms with Crippen LogP contribution in [0.4, 0.5) is 0 Å². The van der Waals surface area contributed by atoms with Crippen molar-refractivity contribution in [3.8, 4) is 51.0 Å². The van der Waals surface area contributed by atoms with E-state index in [2.05, 4.69) is 126 Å². The van der Waals surface area contributed by atoms with Crippen molar-refractivity contribution in [1.29, 1.82) is 0 Å². The van der Waals surface area contributed by atoms with Crippen LogP contribution in [0.1, 0.15) is 0 Å². The van der Waals surface area contributed by atoms with E-state index < -0.39 is 0 Å². The number of nitrogens with zero attached hydrogens (tertiary/aromatic N) is 4. The fraction of sp³-hybridized carbons (Fsp3) is 0. The highest BCUT2D eigenvalue weighted by Crippen LogP contribution is 2.38. The van der Waals surface area contributed by atoms with E-state index in [1.165, 1.54) is 5.39 Å². The molecule has 12 rings (SSSR count). The molecule has 0 spiro atoms. The van der Waals surface area contributed by atoms with E-state index in [1.54, 1.807) is 0 Å². The lowest BCUT2D eigenvalue weighted by atomic mass is 10.0. The number of hydrogen-bond donors (Lipinski definition) is 0. The smallest absolute Gasteiger partial charge is 0.164 e. The Morgan fingerprint density at radius 2 is 0.789 bits per heavy atom. The van der Waals surface area contributed by atoms with Crippen LogP contribution in [0.5, 0.6) is 0 Å². The van der Waals surface area contributed by atoms with Crippen LogP contribution < -0.4 is 0 Å².